The Labute approximate surface area is 208 Å². The highest BCUT2D eigenvalue weighted by Crippen LogP contribution is 2.37. The lowest BCUT2D eigenvalue weighted by atomic mass is 10.2. The van der Waals surface area contributed by atoms with E-state index in [9.17, 15) is 14.4 Å². The molecule has 12 heteroatoms. The molecule has 1 aromatic carbocycles. The zero-order valence-electron chi connectivity index (χ0n) is 15.9. The van der Waals surface area contributed by atoms with Crippen LogP contribution in [0.3, 0.4) is 0 Å². The summed E-state index contributed by atoms with van der Waals surface area (Å²) in [4.78, 5) is 35.4. The molecule has 2 rings (SSSR count). The summed E-state index contributed by atoms with van der Waals surface area (Å²) >= 11 is 6.15. The highest BCUT2D eigenvalue weighted by molar-refractivity contribution is 14.1. The van der Waals surface area contributed by atoms with Gasteiger partial charge >= 0.3 is 18.0 Å². The van der Waals surface area contributed by atoms with Crippen molar-refractivity contribution in [1.82, 2.24) is 5.32 Å². The third kappa shape index (κ3) is 7.03. The van der Waals surface area contributed by atoms with E-state index in [-0.39, 0.29) is 6.61 Å². The zero-order valence-corrected chi connectivity index (χ0v) is 22.4. The molecule has 2 N–H and O–H groups in total. The maximum atomic E-state index is 12.5. The van der Waals surface area contributed by atoms with E-state index < -0.39 is 36.3 Å². The Bertz CT molecular complexity index is 816. The molecule has 2 amide bonds. The first-order valence-corrected chi connectivity index (χ1v) is 11.5. The first kappa shape index (κ1) is 24.8. The van der Waals surface area contributed by atoms with Gasteiger partial charge in [0.1, 0.15) is 0 Å². The average Bonchev–Trinajstić information content (AvgIpc) is 2.88. The maximum absolute atomic E-state index is 12.5. The summed E-state index contributed by atoms with van der Waals surface area (Å²) < 4.78 is 23.4. The molecule has 0 aliphatic carbocycles. The first-order chi connectivity index (χ1) is 13.4. The molecule has 1 unspecified atom stereocenters. The summed E-state index contributed by atoms with van der Waals surface area (Å²) in [6, 6.07) is 1.29. The molecule has 1 atom stereocenters. The second-order valence-electron chi connectivity index (χ2n) is 6.41. The zero-order chi connectivity index (χ0) is 21.9. The maximum Gasteiger partial charge on any atom is 0.321 e. The van der Waals surface area contributed by atoms with Gasteiger partial charge in [0, 0.05) is 24.6 Å². The van der Waals surface area contributed by atoms with Gasteiger partial charge in [0.05, 0.1) is 17.9 Å². The number of hydrogen-bond acceptors (Lipinski definition) is 7. The minimum atomic E-state index is -1.23. The molecular weight excluding hydrogens is 725 g/mol. The van der Waals surface area contributed by atoms with Crippen molar-refractivity contribution in [2.75, 3.05) is 11.9 Å². The Balaban J connectivity index is 2.28. The Morgan fingerprint density at radius 1 is 1.14 bits per heavy atom. The number of ether oxygens (including phenoxy) is 4. The smallest absolute Gasteiger partial charge is 0.321 e. The second kappa shape index (κ2) is 10.2. The number of anilines is 1. The Hall–Kier alpha value is -0.460. The third-order valence-corrected chi connectivity index (χ3v) is 6.39. The molecule has 29 heavy (non-hydrogen) atoms. The van der Waals surface area contributed by atoms with Gasteiger partial charge in [0.25, 0.3) is 6.29 Å². The van der Waals surface area contributed by atoms with Crippen LogP contribution in [0, 0.1) is 10.7 Å². The van der Waals surface area contributed by atoms with Crippen LogP contribution in [-0.4, -0.2) is 36.6 Å². The van der Waals surface area contributed by atoms with E-state index in [1.807, 2.05) is 22.6 Å². The molecule has 1 fully saturated rings. The van der Waals surface area contributed by atoms with Crippen LogP contribution >= 0.6 is 67.8 Å². The standard InChI is InChI=1S/C17H19I3N2O7/c1-7(23)27-15(28-8(2)24)12-9(18)5-10(19)14(13(12)20)22-16(25)21-11-6-26-17(3,4)29-11/h5,11,15H,6H2,1-4H3,(H2,21,22,25). The number of esters is 2. The van der Waals surface area contributed by atoms with E-state index in [0.29, 0.717) is 18.4 Å². The minimum Gasteiger partial charge on any atom is -0.421 e. The summed E-state index contributed by atoms with van der Waals surface area (Å²) in [6.45, 7) is 6.19. The molecule has 0 bridgehead atoms. The molecule has 0 aromatic heterocycles. The van der Waals surface area contributed by atoms with Crippen LogP contribution in [0.15, 0.2) is 6.07 Å². The number of urea groups is 1. The summed E-state index contributed by atoms with van der Waals surface area (Å²) in [5.74, 6) is -1.97. The summed E-state index contributed by atoms with van der Waals surface area (Å²) in [5, 5.41) is 5.47. The Morgan fingerprint density at radius 3 is 2.21 bits per heavy atom. The van der Waals surface area contributed by atoms with Crippen molar-refractivity contribution in [3.63, 3.8) is 0 Å². The number of amides is 2. The van der Waals surface area contributed by atoms with Crippen LogP contribution < -0.4 is 10.6 Å². The van der Waals surface area contributed by atoms with Crippen molar-refractivity contribution in [2.45, 2.75) is 46.0 Å². The predicted molar refractivity (Wildman–Crippen MR) is 128 cm³/mol. The van der Waals surface area contributed by atoms with E-state index in [1.54, 1.807) is 19.9 Å². The average molecular weight is 744 g/mol. The highest BCUT2D eigenvalue weighted by Gasteiger charge is 2.34. The van der Waals surface area contributed by atoms with Crippen LogP contribution in [0.5, 0.6) is 0 Å². The summed E-state index contributed by atoms with van der Waals surface area (Å²) in [7, 11) is 0. The quantitative estimate of drug-likeness (QED) is 0.268. The van der Waals surface area contributed by atoms with E-state index in [0.717, 1.165) is 3.57 Å². The molecule has 160 valence electrons. The van der Waals surface area contributed by atoms with Crippen molar-refractivity contribution < 1.29 is 33.3 Å². The summed E-state index contributed by atoms with van der Waals surface area (Å²) in [5.41, 5.74) is 0.954. The number of carbonyl (C=O) groups is 3. The van der Waals surface area contributed by atoms with E-state index in [2.05, 4.69) is 55.8 Å². The Morgan fingerprint density at radius 2 is 1.72 bits per heavy atom. The number of rotatable bonds is 5. The van der Waals surface area contributed by atoms with Crippen molar-refractivity contribution >= 4 is 91.4 Å². The van der Waals surface area contributed by atoms with Gasteiger partial charge in [-0.15, -0.1) is 0 Å². The molecule has 1 aliphatic rings. The fraction of sp³-hybridized carbons (Fsp3) is 0.471. The Kier molecular flexibility index (Phi) is 8.75. The molecule has 0 saturated carbocycles. The van der Waals surface area contributed by atoms with Crippen LogP contribution in [0.4, 0.5) is 10.5 Å². The molecule has 1 saturated heterocycles. The lowest BCUT2D eigenvalue weighted by Gasteiger charge is -2.22. The van der Waals surface area contributed by atoms with Crippen molar-refractivity contribution in [3.05, 3.63) is 22.3 Å². The van der Waals surface area contributed by atoms with Gasteiger partial charge in [-0.3, -0.25) is 9.59 Å². The van der Waals surface area contributed by atoms with E-state index >= 15 is 0 Å². The number of nitrogens with one attached hydrogen (secondary N) is 2. The van der Waals surface area contributed by atoms with Crippen LogP contribution in [0.25, 0.3) is 0 Å². The normalized spacial score (nSPS) is 17.7. The van der Waals surface area contributed by atoms with Gasteiger partial charge in [0.15, 0.2) is 12.0 Å². The van der Waals surface area contributed by atoms with Crippen molar-refractivity contribution in [2.24, 2.45) is 0 Å². The number of hydrogen-bond donors (Lipinski definition) is 2. The number of carbonyl (C=O) groups excluding carboxylic acids is 3. The third-order valence-electron chi connectivity index (χ3n) is 3.53. The van der Waals surface area contributed by atoms with Gasteiger partial charge < -0.3 is 29.6 Å². The van der Waals surface area contributed by atoms with Crippen molar-refractivity contribution in [1.29, 1.82) is 0 Å². The highest BCUT2D eigenvalue weighted by atomic mass is 127. The molecule has 0 radical (unpaired) electrons. The van der Waals surface area contributed by atoms with Gasteiger partial charge in [-0.2, -0.15) is 0 Å². The predicted octanol–water partition coefficient (Wildman–Crippen LogP) is 3.86. The molecule has 1 aromatic rings. The van der Waals surface area contributed by atoms with Crippen LogP contribution in [-0.2, 0) is 28.5 Å². The van der Waals surface area contributed by atoms with Gasteiger partial charge in [-0.05, 0) is 87.7 Å². The van der Waals surface area contributed by atoms with Gasteiger partial charge in [-0.25, -0.2) is 4.79 Å². The van der Waals surface area contributed by atoms with Gasteiger partial charge in [0.2, 0.25) is 0 Å². The SMILES string of the molecule is CC(=O)OC(OC(C)=O)c1c(I)cc(I)c(NC(=O)NC2COC(C)(C)O2)c1I. The first-order valence-electron chi connectivity index (χ1n) is 8.30. The summed E-state index contributed by atoms with van der Waals surface area (Å²) in [6.07, 6.45) is -1.81. The lowest BCUT2D eigenvalue weighted by molar-refractivity contribution is -0.186. The number of halogens is 3. The second-order valence-corrected chi connectivity index (χ2v) is 9.81. The molecule has 1 aliphatic heterocycles. The molecular formula is C17H19I3N2O7. The van der Waals surface area contributed by atoms with Crippen molar-refractivity contribution in [3.8, 4) is 0 Å². The molecule has 1 heterocycles. The molecule has 0 spiro atoms. The fourth-order valence-electron chi connectivity index (χ4n) is 2.43. The topological polar surface area (TPSA) is 112 Å². The number of benzene rings is 1. The fourth-order valence-corrected chi connectivity index (χ4v) is 6.58. The molecule has 9 nitrogen and oxygen atoms in total. The van der Waals surface area contributed by atoms with E-state index in [1.165, 1.54) is 13.8 Å². The van der Waals surface area contributed by atoms with E-state index in [4.69, 9.17) is 18.9 Å². The minimum absolute atomic E-state index is 0.230. The van der Waals surface area contributed by atoms with Crippen LogP contribution in [0.2, 0.25) is 0 Å². The monoisotopic (exact) mass is 744 g/mol. The lowest BCUT2D eigenvalue weighted by Crippen LogP contribution is -2.40. The largest absolute Gasteiger partial charge is 0.421 e. The van der Waals surface area contributed by atoms with Gasteiger partial charge in [-0.1, -0.05) is 0 Å². The van der Waals surface area contributed by atoms with Crippen LogP contribution in [0.1, 0.15) is 39.5 Å².